The first kappa shape index (κ1) is 37.3. The number of imidazole rings is 1. The third-order valence-electron chi connectivity index (χ3n) is 9.74. The Morgan fingerprint density at radius 3 is 2.33 bits per heavy atom. The number of amides is 3. The maximum atomic E-state index is 13.2. The standard InChI is InChI=1S/C41H38Cl2N4O7/c1-25-34(21-46-24-44-37(42)38(46)43)53-40(54-36(25)29-15-13-26(22-48)14-16-29)32-12-6-11-31(18-32)30-10-5-9-28(17-30)20-47-35(49)19-33(39(47)50)45-41(51)52-23-27-7-3-2-4-8-27/h2-18,24-25,33-34,36,40,48H,19-23H2,1H3,(H,45,51)/t25-,33?,34+,36+,40+/m1/s1. The molecule has 3 amide bonds. The van der Waals surface area contributed by atoms with Gasteiger partial charge in [-0.05, 0) is 45.5 Å². The van der Waals surface area contributed by atoms with Crippen LogP contribution in [0.1, 0.15) is 53.6 Å². The lowest BCUT2D eigenvalue weighted by atomic mass is 9.90. The van der Waals surface area contributed by atoms with E-state index in [0.717, 1.165) is 43.8 Å². The van der Waals surface area contributed by atoms with Gasteiger partial charge in [0.15, 0.2) is 11.4 Å². The summed E-state index contributed by atoms with van der Waals surface area (Å²) >= 11 is 12.6. The molecule has 0 bridgehead atoms. The van der Waals surface area contributed by atoms with Crippen LogP contribution in [-0.4, -0.2) is 49.6 Å². The molecule has 54 heavy (non-hydrogen) atoms. The average Bonchev–Trinajstić information content (AvgIpc) is 3.65. The molecule has 13 heteroatoms. The van der Waals surface area contributed by atoms with E-state index in [0.29, 0.717) is 11.7 Å². The number of nitrogens with zero attached hydrogens (tertiary/aromatic N) is 3. The minimum absolute atomic E-state index is 0.0490. The smallest absolute Gasteiger partial charge is 0.408 e. The van der Waals surface area contributed by atoms with Crippen molar-refractivity contribution in [1.29, 1.82) is 0 Å². The largest absolute Gasteiger partial charge is 0.445 e. The molecule has 2 saturated heterocycles. The van der Waals surface area contributed by atoms with Crippen molar-refractivity contribution in [3.8, 4) is 11.1 Å². The summed E-state index contributed by atoms with van der Waals surface area (Å²) in [5.74, 6) is -0.959. The number of ether oxygens (including phenoxy) is 3. The predicted octanol–water partition coefficient (Wildman–Crippen LogP) is 7.39. The molecule has 2 fully saturated rings. The van der Waals surface area contributed by atoms with E-state index in [4.69, 9.17) is 37.4 Å². The highest BCUT2D eigenvalue weighted by Crippen LogP contribution is 2.43. The van der Waals surface area contributed by atoms with Crippen LogP contribution < -0.4 is 5.32 Å². The zero-order chi connectivity index (χ0) is 37.8. The number of nitrogens with one attached hydrogen (secondary N) is 1. The van der Waals surface area contributed by atoms with Gasteiger partial charge in [0.05, 0.1) is 44.7 Å². The molecule has 5 atom stereocenters. The van der Waals surface area contributed by atoms with Crippen LogP contribution >= 0.6 is 23.2 Å². The second kappa shape index (κ2) is 16.5. The minimum atomic E-state index is -0.999. The fraction of sp³-hybridized carbons (Fsp3) is 0.268. The number of benzene rings is 4. The van der Waals surface area contributed by atoms with Gasteiger partial charge in [-0.3, -0.25) is 14.5 Å². The minimum Gasteiger partial charge on any atom is -0.445 e. The van der Waals surface area contributed by atoms with E-state index < -0.39 is 24.3 Å². The summed E-state index contributed by atoms with van der Waals surface area (Å²) in [5, 5.41) is 12.7. The Morgan fingerprint density at radius 1 is 0.889 bits per heavy atom. The number of carbonyl (C=O) groups excluding carboxylic acids is 3. The zero-order valence-electron chi connectivity index (χ0n) is 29.3. The van der Waals surface area contributed by atoms with Crippen LogP contribution in [0.5, 0.6) is 0 Å². The normalized spacial score (nSPS) is 21.3. The van der Waals surface area contributed by atoms with Crippen molar-refractivity contribution < 1.29 is 33.7 Å². The van der Waals surface area contributed by atoms with Crippen LogP contribution in [0, 0.1) is 5.92 Å². The van der Waals surface area contributed by atoms with Crippen molar-refractivity contribution in [2.45, 2.75) is 64.2 Å². The van der Waals surface area contributed by atoms with Gasteiger partial charge in [-0.2, -0.15) is 0 Å². The highest BCUT2D eigenvalue weighted by Gasteiger charge is 2.40. The number of alkyl carbamates (subject to hydrolysis) is 1. The van der Waals surface area contributed by atoms with Crippen LogP contribution in [-0.2, 0) is 50.1 Å². The van der Waals surface area contributed by atoms with Crippen molar-refractivity contribution in [3.05, 3.63) is 148 Å². The lowest BCUT2D eigenvalue weighted by Gasteiger charge is -2.41. The quantitative estimate of drug-likeness (QED) is 0.133. The second-order valence-corrected chi connectivity index (χ2v) is 14.1. The molecule has 278 valence electrons. The Morgan fingerprint density at radius 2 is 1.61 bits per heavy atom. The fourth-order valence-corrected chi connectivity index (χ4v) is 7.07. The molecule has 2 aliphatic rings. The first-order valence-corrected chi connectivity index (χ1v) is 18.3. The Labute approximate surface area is 322 Å². The third-order valence-corrected chi connectivity index (χ3v) is 10.5. The summed E-state index contributed by atoms with van der Waals surface area (Å²) in [4.78, 5) is 43.9. The lowest BCUT2D eigenvalue weighted by Crippen LogP contribution is -2.41. The molecule has 1 unspecified atom stereocenters. The summed E-state index contributed by atoms with van der Waals surface area (Å²) in [6, 6.07) is 31.3. The number of carbonyl (C=O) groups is 3. The monoisotopic (exact) mass is 768 g/mol. The van der Waals surface area contributed by atoms with Gasteiger partial charge in [0.1, 0.15) is 17.8 Å². The SMILES string of the molecule is C[C@@H]1[C@H](Cn2cnc(Cl)c2Cl)O[C@H](c2cccc(-c3cccc(CN4C(=O)CC(NC(=O)OCc5ccccc5)C4=O)c3)c2)O[C@@H]1c1ccc(CO)cc1. The molecule has 2 aliphatic heterocycles. The number of rotatable bonds is 11. The summed E-state index contributed by atoms with van der Waals surface area (Å²) in [6.45, 7) is 2.50. The second-order valence-electron chi connectivity index (χ2n) is 13.4. The maximum Gasteiger partial charge on any atom is 0.408 e. The van der Waals surface area contributed by atoms with E-state index >= 15 is 0 Å². The summed E-state index contributed by atoms with van der Waals surface area (Å²) in [5.41, 5.74) is 5.84. The van der Waals surface area contributed by atoms with Gasteiger partial charge in [-0.25, -0.2) is 9.78 Å². The van der Waals surface area contributed by atoms with Crippen molar-refractivity contribution in [2.75, 3.05) is 0 Å². The number of halogens is 2. The van der Waals surface area contributed by atoms with Gasteiger partial charge >= 0.3 is 6.09 Å². The first-order valence-electron chi connectivity index (χ1n) is 17.5. The topological polar surface area (TPSA) is 132 Å². The number of likely N-dealkylation sites (tertiary alicyclic amines) is 1. The summed E-state index contributed by atoms with van der Waals surface area (Å²) < 4.78 is 20.3. The molecule has 7 rings (SSSR count). The molecule has 11 nitrogen and oxygen atoms in total. The highest BCUT2D eigenvalue weighted by molar-refractivity contribution is 6.40. The third kappa shape index (κ3) is 8.36. The van der Waals surface area contributed by atoms with Gasteiger partial charge < -0.3 is 29.2 Å². The van der Waals surface area contributed by atoms with Crippen molar-refractivity contribution in [1.82, 2.24) is 19.8 Å². The van der Waals surface area contributed by atoms with Gasteiger partial charge in [-0.15, -0.1) is 0 Å². The molecule has 2 N–H and O–H groups in total. The maximum absolute atomic E-state index is 13.2. The molecule has 1 aromatic heterocycles. The molecule has 0 saturated carbocycles. The van der Waals surface area contributed by atoms with E-state index in [9.17, 15) is 19.5 Å². The van der Waals surface area contributed by atoms with E-state index in [1.165, 1.54) is 0 Å². The summed E-state index contributed by atoms with van der Waals surface area (Å²) in [6.07, 6.45) is -0.731. The number of hydrogen-bond donors (Lipinski definition) is 2. The average molecular weight is 770 g/mol. The highest BCUT2D eigenvalue weighted by atomic mass is 35.5. The number of aromatic nitrogens is 2. The molecular formula is C41H38Cl2N4O7. The number of aliphatic hydroxyl groups is 1. The molecule has 0 radical (unpaired) electrons. The number of aliphatic hydroxyl groups excluding tert-OH is 1. The van der Waals surface area contributed by atoms with Crippen LogP contribution in [0.4, 0.5) is 4.79 Å². The Bertz CT molecular complexity index is 2130. The van der Waals surface area contributed by atoms with E-state index in [1.54, 1.807) is 10.9 Å². The molecule has 5 aromatic rings. The van der Waals surface area contributed by atoms with Crippen LogP contribution in [0.15, 0.2) is 109 Å². The molecule has 0 aliphatic carbocycles. The van der Waals surface area contributed by atoms with Gasteiger partial charge in [0.2, 0.25) is 5.91 Å². The zero-order valence-corrected chi connectivity index (χ0v) is 30.8. The molecule has 4 aromatic carbocycles. The number of imide groups is 1. The predicted molar refractivity (Wildman–Crippen MR) is 201 cm³/mol. The lowest BCUT2D eigenvalue weighted by molar-refractivity contribution is -0.276. The van der Waals surface area contributed by atoms with Gasteiger partial charge in [-0.1, -0.05) is 121 Å². The van der Waals surface area contributed by atoms with E-state index in [-0.39, 0.29) is 55.4 Å². The summed E-state index contributed by atoms with van der Waals surface area (Å²) in [7, 11) is 0. The molecule has 3 heterocycles. The van der Waals surface area contributed by atoms with Crippen molar-refractivity contribution in [2.24, 2.45) is 5.92 Å². The van der Waals surface area contributed by atoms with E-state index in [2.05, 4.69) is 17.2 Å². The van der Waals surface area contributed by atoms with E-state index in [1.807, 2.05) is 103 Å². The molecule has 0 spiro atoms. The Hall–Kier alpha value is -5.04. The van der Waals surface area contributed by atoms with Crippen molar-refractivity contribution in [3.63, 3.8) is 0 Å². The molecular weight excluding hydrogens is 731 g/mol. The van der Waals surface area contributed by atoms with Crippen LogP contribution in [0.3, 0.4) is 0 Å². The van der Waals surface area contributed by atoms with Crippen molar-refractivity contribution >= 4 is 41.1 Å². The van der Waals surface area contributed by atoms with Gasteiger partial charge in [0, 0.05) is 11.5 Å². The van der Waals surface area contributed by atoms with Crippen LogP contribution in [0.2, 0.25) is 10.3 Å². The Balaban J connectivity index is 1.06. The number of hydrogen-bond acceptors (Lipinski definition) is 8. The van der Waals surface area contributed by atoms with Crippen LogP contribution in [0.25, 0.3) is 11.1 Å². The fourth-order valence-electron chi connectivity index (χ4n) is 6.76. The first-order chi connectivity index (χ1) is 26.2. The Kier molecular flexibility index (Phi) is 11.4. The van der Waals surface area contributed by atoms with Gasteiger partial charge in [0.25, 0.3) is 5.91 Å².